The lowest BCUT2D eigenvalue weighted by Crippen LogP contribution is -2.32. The largest absolute Gasteiger partial charge is 0.423 e. The summed E-state index contributed by atoms with van der Waals surface area (Å²) in [6, 6.07) is 17.4. The standard InChI is InChI=1S/C24H15Cl3N2O4/c1-13-11-18(9-10-19(13)26)33-24(32)14-5-7-16(8-6-14)28-21-20(27)22(30)29(23(21)31)17-4-2-3-15(25)12-17/h2-12,28H,1H3. The lowest BCUT2D eigenvalue weighted by atomic mass is 10.2. The summed E-state index contributed by atoms with van der Waals surface area (Å²) in [5.41, 5.74) is 1.77. The van der Waals surface area contributed by atoms with Crippen LogP contribution in [0.15, 0.2) is 77.5 Å². The summed E-state index contributed by atoms with van der Waals surface area (Å²) < 4.78 is 5.37. The van der Waals surface area contributed by atoms with Crippen LogP contribution in [0.4, 0.5) is 11.4 Å². The van der Waals surface area contributed by atoms with Crippen LogP contribution in [0.1, 0.15) is 15.9 Å². The highest BCUT2D eigenvalue weighted by molar-refractivity contribution is 6.53. The van der Waals surface area contributed by atoms with Crippen molar-refractivity contribution >= 4 is 64.0 Å². The van der Waals surface area contributed by atoms with Gasteiger partial charge in [0.2, 0.25) is 0 Å². The topological polar surface area (TPSA) is 75.7 Å². The first-order chi connectivity index (χ1) is 15.7. The average Bonchev–Trinajstić information content (AvgIpc) is 3.00. The predicted octanol–water partition coefficient (Wildman–Crippen LogP) is 5.96. The van der Waals surface area contributed by atoms with E-state index < -0.39 is 17.8 Å². The number of carbonyl (C=O) groups excluding carboxylic acids is 3. The van der Waals surface area contributed by atoms with Crippen molar-refractivity contribution in [1.29, 1.82) is 0 Å². The summed E-state index contributed by atoms with van der Waals surface area (Å²) in [5, 5.41) is 3.55. The maximum Gasteiger partial charge on any atom is 0.343 e. The number of hydrogen-bond acceptors (Lipinski definition) is 5. The van der Waals surface area contributed by atoms with Gasteiger partial charge in [0, 0.05) is 15.7 Å². The molecule has 3 aromatic carbocycles. The molecule has 3 aromatic rings. The summed E-state index contributed by atoms with van der Waals surface area (Å²) in [7, 11) is 0. The van der Waals surface area contributed by atoms with E-state index in [1.165, 1.54) is 18.2 Å². The molecule has 9 heteroatoms. The van der Waals surface area contributed by atoms with Crippen LogP contribution in [0.5, 0.6) is 5.75 Å². The number of aryl methyl sites for hydroxylation is 1. The summed E-state index contributed by atoms with van der Waals surface area (Å²) in [4.78, 5) is 38.8. The predicted molar refractivity (Wildman–Crippen MR) is 128 cm³/mol. The molecule has 33 heavy (non-hydrogen) atoms. The number of anilines is 2. The van der Waals surface area contributed by atoms with E-state index in [9.17, 15) is 14.4 Å². The Bertz CT molecular complexity index is 1320. The van der Waals surface area contributed by atoms with Crippen molar-refractivity contribution in [2.45, 2.75) is 6.92 Å². The number of nitrogens with one attached hydrogen (secondary N) is 1. The van der Waals surface area contributed by atoms with Gasteiger partial charge < -0.3 is 10.1 Å². The highest BCUT2D eigenvalue weighted by Crippen LogP contribution is 2.31. The highest BCUT2D eigenvalue weighted by atomic mass is 35.5. The van der Waals surface area contributed by atoms with Gasteiger partial charge in [-0.25, -0.2) is 9.69 Å². The second-order valence-electron chi connectivity index (χ2n) is 7.12. The molecule has 2 amide bonds. The number of nitrogens with zero attached hydrogens (tertiary/aromatic N) is 1. The monoisotopic (exact) mass is 500 g/mol. The lowest BCUT2D eigenvalue weighted by Gasteiger charge is -2.15. The van der Waals surface area contributed by atoms with E-state index in [1.807, 2.05) is 6.92 Å². The molecule has 0 atom stereocenters. The van der Waals surface area contributed by atoms with Gasteiger partial charge >= 0.3 is 5.97 Å². The van der Waals surface area contributed by atoms with Crippen LogP contribution in [0.3, 0.4) is 0 Å². The van der Waals surface area contributed by atoms with Crippen LogP contribution in [0, 0.1) is 6.92 Å². The Morgan fingerprint density at radius 2 is 1.64 bits per heavy atom. The molecule has 0 saturated carbocycles. The van der Waals surface area contributed by atoms with Crippen molar-refractivity contribution in [3.63, 3.8) is 0 Å². The van der Waals surface area contributed by atoms with Crippen molar-refractivity contribution in [2.75, 3.05) is 10.2 Å². The molecule has 0 unspecified atom stereocenters. The fourth-order valence-corrected chi connectivity index (χ4v) is 3.66. The zero-order valence-corrected chi connectivity index (χ0v) is 19.3. The third-order valence-electron chi connectivity index (χ3n) is 4.82. The van der Waals surface area contributed by atoms with Crippen LogP contribution in [-0.4, -0.2) is 17.8 Å². The Labute approximate surface area is 204 Å². The molecule has 1 aliphatic rings. The Hall–Kier alpha value is -3.32. The number of imide groups is 1. The van der Waals surface area contributed by atoms with Gasteiger partial charge in [0.05, 0.1) is 11.3 Å². The van der Waals surface area contributed by atoms with Gasteiger partial charge in [-0.3, -0.25) is 9.59 Å². The van der Waals surface area contributed by atoms with Crippen molar-refractivity contribution in [3.05, 3.63) is 98.6 Å². The molecule has 0 spiro atoms. The van der Waals surface area contributed by atoms with E-state index in [-0.39, 0.29) is 10.7 Å². The molecule has 0 aromatic heterocycles. The fourth-order valence-electron chi connectivity index (χ4n) is 3.14. The van der Waals surface area contributed by atoms with Gasteiger partial charge in [0.15, 0.2) is 0 Å². The first-order valence-corrected chi connectivity index (χ1v) is 10.8. The molecule has 166 valence electrons. The first kappa shape index (κ1) is 22.9. The maximum absolute atomic E-state index is 12.8. The van der Waals surface area contributed by atoms with Crippen LogP contribution in [-0.2, 0) is 9.59 Å². The van der Waals surface area contributed by atoms with E-state index in [2.05, 4.69) is 5.32 Å². The second-order valence-corrected chi connectivity index (χ2v) is 8.34. The van der Waals surface area contributed by atoms with Gasteiger partial charge in [-0.2, -0.15) is 0 Å². The summed E-state index contributed by atoms with van der Waals surface area (Å²) in [5.74, 6) is -1.46. The number of hydrogen-bond donors (Lipinski definition) is 1. The average molecular weight is 502 g/mol. The van der Waals surface area contributed by atoms with Gasteiger partial charge in [-0.15, -0.1) is 0 Å². The highest BCUT2D eigenvalue weighted by Gasteiger charge is 2.39. The van der Waals surface area contributed by atoms with Gasteiger partial charge in [0.25, 0.3) is 11.8 Å². The molecular formula is C24H15Cl3N2O4. The minimum absolute atomic E-state index is 0.0754. The summed E-state index contributed by atoms with van der Waals surface area (Å²) in [6.07, 6.45) is 0. The van der Waals surface area contributed by atoms with E-state index in [4.69, 9.17) is 39.5 Å². The third kappa shape index (κ3) is 4.73. The Kier molecular flexibility index (Phi) is 6.42. The van der Waals surface area contributed by atoms with E-state index in [1.54, 1.807) is 48.5 Å². The van der Waals surface area contributed by atoms with Crippen LogP contribution < -0.4 is 15.0 Å². The Morgan fingerprint density at radius 3 is 2.30 bits per heavy atom. The molecule has 0 aliphatic carbocycles. The minimum atomic E-state index is -0.662. The zero-order valence-electron chi connectivity index (χ0n) is 17.1. The van der Waals surface area contributed by atoms with Crippen molar-refractivity contribution in [1.82, 2.24) is 0 Å². The molecule has 4 rings (SSSR count). The normalized spacial score (nSPS) is 13.5. The molecule has 1 aliphatic heterocycles. The SMILES string of the molecule is Cc1cc(OC(=O)c2ccc(NC3=C(Cl)C(=O)N(c4cccc(Cl)c4)C3=O)cc2)ccc1Cl. The molecule has 1 heterocycles. The Balaban J connectivity index is 1.48. The molecule has 0 saturated heterocycles. The molecule has 0 fully saturated rings. The number of halogens is 3. The molecule has 0 bridgehead atoms. The van der Waals surface area contributed by atoms with E-state index in [0.29, 0.717) is 32.7 Å². The number of ether oxygens (including phenoxy) is 1. The number of rotatable bonds is 5. The fraction of sp³-hybridized carbons (Fsp3) is 0.0417. The number of carbonyl (C=O) groups is 3. The van der Waals surface area contributed by atoms with Crippen molar-refractivity contribution in [2.24, 2.45) is 0 Å². The third-order valence-corrected chi connectivity index (χ3v) is 5.83. The van der Waals surface area contributed by atoms with Gasteiger partial charge in [-0.1, -0.05) is 40.9 Å². The lowest BCUT2D eigenvalue weighted by molar-refractivity contribution is -0.120. The van der Waals surface area contributed by atoms with Crippen LogP contribution in [0.25, 0.3) is 0 Å². The molecule has 1 N–H and O–H groups in total. The van der Waals surface area contributed by atoms with Gasteiger partial charge in [-0.05, 0) is 73.2 Å². The minimum Gasteiger partial charge on any atom is -0.423 e. The Morgan fingerprint density at radius 1 is 0.909 bits per heavy atom. The summed E-state index contributed by atoms with van der Waals surface area (Å²) in [6.45, 7) is 1.81. The molecule has 0 radical (unpaired) electrons. The number of benzene rings is 3. The van der Waals surface area contributed by atoms with E-state index >= 15 is 0 Å². The first-order valence-electron chi connectivity index (χ1n) is 9.64. The molecular weight excluding hydrogens is 487 g/mol. The summed E-state index contributed by atoms with van der Waals surface area (Å²) >= 11 is 18.1. The van der Waals surface area contributed by atoms with Crippen LogP contribution in [0.2, 0.25) is 10.0 Å². The smallest absolute Gasteiger partial charge is 0.343 e. The zero-order chi connectivity index (χ0) is 23.7. The van der Waals surface area contributed by atoms with Crippen molar-refractivity contribution in [3.8, 4) is 5.75 Å². The number of amides is 2. The van der Waals surface area contributed by atoms with Crippen LogP contribution >= 0.6 is 34.8 Å². The van der Waals surface area contributed by atoms with Crippen molar-refractivity contribution < 1.29 is 19.1 Å². The maximum atomic E-state index is 12.8. The molecule has 6 nitrogen and oxygen atoms in total. The van der Waals surface area contributed by atoms with E-state index in [0.717, 1.165) is 10.5 Å². The quantitative estimate of drug-likeness (QED) is 0.265. The second kappa shape index (κ2) is 9.27. The number of esters is 1. The van der Waals surface area contributed by atoms with Gasteiger partial charge in [0.1, 0.15) is 16.5 Å².